The number of amides is 1. The Hall–Kier alpha value is -1.10. The van der Waals surface area contributed by atoms with Gasteiger partial charge >= 0.3 is 5.97 Å². The van der Waals surface area contributed by atoms with Crippen LogP contribution in [0, 0.1) is 0 Å². The zero-order valence-electron chi connectivity index (χ0n) is 12.4. The summed E-state index contributed by atoms with van der Waals surface area (Å²) in [7, 11) is 1.39. The van der Waals surface area contributed by atoms with Gasteiger partial charge in [0.1, 0.15) is 0 Å². The van der Waals surface area contributed by atoms with E-state index in [9.17, 15) is 9.59 Å². The number of likely N-dealkylation sites (tertiary alicyclic amines) is 1. The summed E-state index contributed by atoms with van der Waals surface area (Å²) in [6.45, 7) is 0.722. The van der Waals surface area contributed by atoms with Gasteiger partial charge in [0, 0.05) is 12.6 Å². The van der Waals surface area contributed by atoms with Crippen LogP contribution in [0.4, 0.5) is 0 Å². The van der Waals surface area contributed by atoms with Gasteiger partial charge in [-0.25, -0.2) is 0 Å². The van der Waals surface area contributed by atoms with E-state index in [4.69, 9.17) is 10.5 Å². The molecule has 0 aromatic heterocycles. The summed E-state index contributed by atoms with van der Waals surface area (Å²) in [5.41, 5.74) is 5.65. The number of ether oxygens (including phenoxy) is 1. The molecule has 0 spiro atoms. The first-order valence-corrected chi connectivity index (χ1v) is 7.73. The molecule has 20 heavy (non-hydrogen) atoms. The molecule has 1 aliphatic carbocycles. The average Bonchev–Trinajstić information content (AvgIpc) is 2.47. The van der Waals surface area contributed by atoms with Gasteiger partial charge in [0.05, 0.1) is 19.1 Å². The smallest absolute Gasteiger partial charge is 0.307 e. The Morgan fingerprint density at radius 3 is 2.55 bits per heavy atom. The highest BCUT2D eigenvalue weighted by atomic mass is 16.5. The molecule has 2 aliphatic rings. The molecular weight excluding hydrogens is 256 g/mol. The second-order valence-electron chi connectivity index (χ2n) is 6.15. The van der Waals surface area contributed by atoms with Gasteiger partial charge in [-0.3, -0.25) is 9.59 Å². The Balaban J connectivity index is 2.06. The van der Waals surface area contributed by atoms with Gasteiger partial charge in [-0.05, 0) is 32.1 Å². The molecule has 2 N–H and O–H groups in total. The number of hydrogen-bond donors (Lipinski definition) is 1. The Morgan fingerprint density at radius 1 is 1.20 bits per heavy atom. The van der Waals surface area contributed by atoms with Gasteiger partial charge in [-0.2, -0.15) is 0 Å². The van der Waals surface area contributed by atoms with Crippen LogP contribution in [0.5, 0.6) is 0 Å². The molecule has 1 heterocycles. The molecule has 0 bridgehead atoms. The molecule has 1 unspecified atom stereocenters. The lowest BCUT2D eigenvalue weighted by Gasteiger charge is -2.42. The Kier molecular flexibility index (Phi) is 5.02. The summed E-state index contributed by atoms with van der Waals surface area (Å²) in [5.74, 6) is -0.199. The first kappa shape index (κ1) is 15.3. The van der Waals surface area contributed by atoms with Crippen molar-refractivity contribution in [3.8, 4) is 0 Å². The van der Waals surface area contributed by atoms with E-state index in [1.807, 2.05) is 4.90 Å². The normalized spacial score (nSPS) is 26.1. The van der Waals surface area contributed by atoms with Crippen LogP contribution in [0.1, 0.15) is 57.8 Å². The molecule has 0 radical (unpaired) electrons. The standard InChI is InChI=1S/C15H26N2O3/c1-20-13(18)11-12-7-3-6-10-17(12)14(19)15(16)8-4-2-5-9-15/h12H,2-11,16H2,1H3. The van der Waals surface area contributed by atoms with Gasteiger partial charge in [0.2, 0.25) is 5.91 Å². The highest BCUT2D eigenvalue weighted by Gasteiger charge is 2.41. The zero-order chi connectivity index (χ0) is 14.6. The molecule has 114 valence electrons. The molecule has 1 atom stereocenters. The third-order valence-corrected chi connectivity index (χ3v) is 4.69. The molecular formula is C15H26N2O3. The van der Waals surface area contributed by atoms with Crippen LogP contribution < -0.4 is 5.73 Å². The van der Waals surface area contributed by atoms with Crippen molar-refractivity contribution in [1.29, 1.82) is 0 Å². The number of nitrogens with two attached hydrogens (primary N) is 1. The third kappa shape index (κ3) is 3.32. The van der Waals surface area contributed by atoms with Crippen molar-refractivity contribution in [3.05, 3.63) is 0 Å². The summed E-state index contributed by atoms with van der Waals surface area (Å²) in [6, 6.07) is -0.0361. The quantitative estimate of drug-likeness (QED) is 0.798. The number of carbonyl (C=O) groups excluding carboxylic acids is 2. The molecule has 5 heteroatoms. The molecule has 2 rings (SSSR count). The number of esters is 1. The maximum absolute atomic E-state index is 12.8. The Morgan fingerprint density at radius 2 is 1.90 bits per heavy atom. The number of piperidine rings is 1. The van der Waals surface area contributed by atoms with E-state index >= 15 is 0 Å². The molecule has 2 fully saturated rings. The largest absolute Gasteiger partial charge is 0.469 e. The van der Waals surface area contributed by atoms with Gasteiger partial charge in [0.25, 0.3) is 0 Å². The average molecular weight is 282 g/mol. The van der Waals surface area contributed by atoms with Crippen LogP contribution in [0.3, 0.4) is 0 Å². The molecule has 1 amide bonds. The van der Waals surface area contributed by atoms with Crippen LogP contribution in [0.25, 0.3) is 0 Å². The van der Waals surface area contributed by atoms with Crippen molar-refractivity contribution in [3.63, 3.8) is 0 Å². The summed E-state index contributed by atoms with van der Waals surface area (Å²) >= 11 is 0. The van der Waals surface area contributed by atoms with Crippen LogP contribution in [-0.4, -0.2) is 42.0 Å². The van der Waals surface area contributed by atoms with E-state index in [0.717, 1.165) is 57.9 Å². The Bertz CT molecular complexity index is 364. The van der Waals surface area contributed by atoms with E-state index < -0.39 is 5.54 Å². The van der Waals surface area contributed by atoms with E-state index in [2.05, 4.69) is 0 Å². The number of nitrogens with zero attached hydrogens (tertiary/aromatic N) is 1. The molecule has 5 nitrogen and oxygen atoms in total. The minimum Gasteiger partial charge on any atom is -0.469 e. The summed E-state index contributed by atoms with van der Waals surface area (Å²) < 4.78 is 4.74. The lowest BCUT2D eigenvalue weighted by molar-refractivity contribution is -0.147. The van der Waals surface area contributed by atoms with Crippen molar-refractivity contribution in [2.24, 2.45) is 5.73 Å². The van der Waals surface area contributed by atoms with E-state index in [1.54, 1.807) is 0 Å². The third-order valence-electron chi connectivity index (χ3n) is 4.69. The van der Waals surface area contributed by atoms with Crippen molar-refractivity contribution in [1.82, 2.24) is 4.90 Å². The van der Waals surface area contributed by atoms with E-state index in [-0.39, 0.29) is 17.9 Å². The van der Waals surface area contributed by atoms with E-state index in [0.29, 0.717) is 6.42 Å². The van der Waals surface area contributed by atoms with Crippen LogP contribution in [0.15, 0.2) is 0 Å². The first-order valence-electron chi connectivity index (χ1n) is 7.73. The molecule has 1 aliphatic heterocycles. The maximum Gasteiger partial charge on any atom is 0.307 e. The zero-order valence-corrected chi connectivity index (χ0v) is 12.4. The highest BCUT2D eigenvalue weighted by molar-refractivity contribution is 5.87. The number of rotatable bonds is 3. The van der Waals surface area contributed by atoms with Gasteiger partial charge in [-0.15, -0.1) is 0 Å². The fraction of sp³-hybridized carbons (Fsp3) is 0.867. The SMILES string of the molecule is COC(=O)CC1CCCCN1C(=O)C1(N)CCCCC1. The van der Waals surface area contributed by atoms with Crippen molar-refractivity contribution < 1.29 is 14.3 Å². The topological polar surface area (TPSA) is 72.6 Å². The maximum atomic E-state index is 12.8. The van der Waals surface area contributed by atoms with Gasteiger partial charge in [-0.1, -0.05) is 19.3 Å². The fourth-order valence-electron chi connectivity index (χ4n) is 3.44. The van der Waals surface area contributed by atoms with Crippen LogP contribution in [0.2, 0.25) is 0 Å². The lowest BCUT2D eigenvalue weighted by atomic mass is 9.80. The number of hydrogen-bond acceptors (Lipinski definition) is 4. The van der Waals surface area contributed by atoms with Crippen molar-refractivity contribution >= 4 is 11.9 Å². The van der Waals surface area contributed by atoms with Crippen LogP contribution in [-0.2, 0) is 14.3 Å². The molecule has 0 aromatic carbocycles. The molecule has 1 saturated heterocycles. The fourth-order valence-corrected chi connectivity index (χ4v) is 3.44. The summed E-state index contributed by atoms with van der Waals surface area (Å²) in [6.07, 6.45) is 7.98. The van der Waals surface area contributed by atoms with Crippen molar-refractivity contribution in [2.45, 2.75) is 69.4 Å². The van der Waals surface area contributed by atoms with E-state index in [1.165, 1.54) is 7.11 Å². The van der Waals surface area contributed by atoms with Crippen LogP contribution >= 0.6 is 0 Å². The Labute approximate surface area is 120 Å². The first-order chi connectivity index (χ1) is 9.57. The molecule has 0 aromatic rings. The van der Waals surface area contributed by atoms with Gasteiger partial charge < -0.3 is 15.4 Å². The minimum absolute atomic E-state index is 0.0361. The second kappa shape index (κ2) is 6.57. The lowest BCUT2D eigenvalue weighted by Crippen LogP contribution is -2.59. The number of methoxy groups -OCH3 is 1. The monoisotopic (exact) mass is 282 g/mol. The number of carbonyl (C=O) groups is 2. The highest BCUT2D eigenvalue weighted by Crippen LogP contribution is 2.31. The van der Waals surface area contributed by atoms with Gasteiger partial charge in [0.15, 0.2) is 0 Å². The molecule has 1 saturated carbocycles. The second-order valence-corrected chi connectivity index (χ2v) is 6.15. The van der Waals surface area contributed by atoms with Crippen molar-refractivity contribution in [2.75, 3.05) is 13.7 Å². The summed E-state index contributed by atoms with van der Waals surface area (Å²) in [4.78, 5) is 26.2. The predicted molar refractivity (Wildman–Crippen MR) is 76.0 cm³/mol. The predicted octanol–water partition coefficient (Wildman–Crippen LogP) is 1.59. The summed E-state index contributed by atoms with van der Waals surface area (Å²) in [5, 5.41) is 0. The minimum atomic E-state index is -0.704.